The molecule has 4 rings (SSSR count). The molecule has 0 aliphatic carbocycles. The van der Waals surface area contributed by atoms with Crippen LogP contribution < -0.4 is 10.5 Å². The van der Waals surface area contributed by atoms with Crippen molar-refractivity contribution in [3.63, 3.8) is 0 Å². The second-order valence-corrected chi connectivity index (χ2v) is 6.96. The van der Waals surface area contributed by atoms with E-state index in [2.05, 4.69) is 10.2 Å². The van der Waals surface area contributed by atoms with E-state index in [0.717, 1.165) is 44.4 Å². The van der Waals surface area contributed by atoms with Gasteiger partial charge in [0.25, 0.3) is 0 Å². The van der Waals surface area contributed by atoms with Crippen molar-refractivity contribution in [3.05, 3.63) is 59.7 Å². The fourth-order valence-electron chi connectivity index (χ4n) is 3.27. The van der Waals surface area contributed by atoms with Gasteiger partial charge in [0.2, 0.25) is 0 Å². The van der Waals surface area contributed by atoms with Gasteiger partial charge in [-0.05, 0) is 80.4 Å². The number of phenols is 1. The maximum atomic E-state index is 9.79. The van der Waals surface area contributed by atoms with Crippen molar-refractivity contribution in [1.82, 2.24) is 4.98 Å². The van der Waals surface area contributed by atoms with Gasteiger partial charge in [-0.1, -0.05) is 0 Å². The summed E-state index contributed by atoms with van der Waals surface area (Å²) in [6.07, 6.45) is 0. The Morgan fingerprint density at radius 3 is 2.55 bits per heavy atom. The van der Waals surface area contributed by atoms with Crippen LogP contribution in [0.15, 0.2) is 58.8 Å². The maximum absolute atomic E-state index is 9.79. The summed E-state index contributed by atoms with van der Waals surface area (Å²) in [7, 11) is 0. The molecule has 0 aliphatic heterocycles. The van der Waals surface area contributed by atoms with E-state index >= 15 is 0 Å². The number of pyridine rings is 1. The van der Waals surface area contributed by atoms with Gasteiger partial charge in [0.1, 0.15) is 11.5 Å². The zero-order valence-electron chi connectivity index (χ0n) is 16.6. The number of anilines is 1. The first-order valence-electron chi connectivity index (χ1n) is 9.44. The number of benzene rings is 3. The molecule has 0 amide bonds. The number of nitrogens with two attached hydrogens (primary N) is 1. The van der Waals surface area contributed by atoms with E-state index in [-0.39, 0.29) is 5.75 Å². The number of hydrogen-bond donors (Lipinski definition) is 2. The molecule has 3 N–H and O–H groups in total. The van der Waals surface area contributed by atoms with Crippen LogP contribution in [0.3, 0.4) is 0 Å². The smallest absolute Gasteiger partial charge is 0.120 e. The number of aromatic nitrogens is 1. The molecule has 0 atom stereocenters. The van der Waals surface area contributed by atoms with E-state index in [4.69, 9.17) is 15.5 Å². The number of phenolic OH excluding ortho intramolecular Hbond substituents is 1. The average Bonchev–Trinajstić information content (AvgIpc) is 2.70. The number of hydrogen-bond acceptors (Lipinski definition) is 6. The minimum atomic E-state index is 0.256. The molecular weight excluding hydrogens is 364 g/mol. The third-order valence-electron chi connectivity index (χ3n) is 4.87. The van der Waals surface area contributed by atoms with Crippen LogP contribution in [-0.4, -0.2) is 16.7 Å². The summed E-state index contributed by atoms with van der Waals surface area (Å²) >= 11 is 0. The number of nitrogen functional groups attached to an aromatic ring is 1. The van der Waals surface area contributed by atoms with Crippen LogP contribution in [-0.2, 0) is 0 Å². The third kappa shape index (κ3) is 3.57. The van der Waals surface area contributed by atoms with Crippen molar-refractivity contribution in [2.24, 2.45) is 10.2 Å². The van der Waals surface area contributed by atoms with E-state index in [1.807, 2.05) is 63.2 Å². The lowest BCUT2D eigenvalue weighted by molar-refractivity contribution is 0.341. The summed E-state index contributed by atoms with van der Waals surface area (Å²) < 4.78 is 5.57. The molecule has 0 bridgehead atoms. The molecule has 0 spiro atoms. The van der Waals surface area contributed by atoms with Gasteiger partial charge in [0, 0.05) is 10.8 Å². The van der Waals surface area contributed by atoms with Crippen LogP contribution in [0, 0.1) is 13.8 Å². The molecule has 4 aromatic rings. The number of aromatic hydroxyl groups is 1. The Morgan fingerprint density at radius 2 is 1.76 bits per heavy atom. The van der Waals surface area contributed by atoms with Crippen molar-refractivity contribution < 1.29 is 9.84 Å². The normalized spacial score (nSPS) is 11.6. The quantitative estimate of drug-likeness (QED) is 0.327. The van der Waals surface area contributed by atoms with E-state index in [1.54, 1.807) is 6.07 Å². The van der Waals surface area contributed by atoms with Crippen LogP contribution in [0.2, 0.25) is 0 Å². The molecule has 0 saturated carbocycles. The van der Waals surface area contributed by atoms with E-state index in [1.165, 1.54) is 0 Å². The summed E-state index contributed by atoms with van der Waals surface area (Å²) in [5.74, 6) is 1.03. The van der Waals surface area contributed by atoms with E-state index in [9.17, 15) is 5.11 Å². The first-order chi connectivity index (χ1) is 14.0. The molecule has 146 valence electrons. The summed E-state index contributed by atoms with van der Waals surface area (Å²) in [6, 6.07) is 14.9. The molecule has 3 aromatic carbocycles. The molecule has 1 aromatic heterocycles. The van der Waals surface area contributed by atoms with Gasteiger partial charge in [-0.3, -0.25) is 0 Å². The van der Waals surface area contributed by atoms with Gasteiger partial charge in [-0.2, -0.15) is 10.2 Å². The Bertz CT molecular complexity index is 1270. The predicted molar refractivity (Wildman–Crippen MR) is 117 cm³/mol. The lowest BCUT2D eigenvalue weighted by Crippen LogP contribution is -1.95. The molecule has 0 radical (unpaired) electrons. The molecule has 6 heteroatoms. The van der Waals surface area contributed by atoms with Gasteiger partial charge < -0.3 is 15.6 Å². The van der Waals surface area contributed by atoms with Crippen molar-refractivity contribution in [1.29, 1.82) is 0 Å². The molecule has 0 unspecified atom stereocenters. The van der Waals surface area contributed by atoms with Crippen LogP contribution in [0.5, 0.6) is 11.5 Å². The molecule has 6 nitrogen and oxygen atoms in total. The van der Waals surface area contributed by atoms with Crippen molar-refractivity contribution in [2.45, 2.75) is 20.8 Å². The summed E-state index contributed by atoms with van der Waals surface area (Å²) in [5, 5.41) is 20.2. The number of nitrogens with zero attached hydrogens (tertiary/aromatic N) is 3. The lowest BCUT2D eigenvalue weighted by Gasteiger charge is -2.09. The SMILES string of the molecule is CCOc1ccc2nc3cc(N=Nc4cc(C)c(O)cc4C)ccc3c(N)c2c1. The maximum Gasteiger partial charge on any atom is 0.120 e. The molecule has 0 fully saturated rings. The number of fused-ring (bicyclic) bond motifs is 2. The van der Waals surface area contributed by atoms with Crippen molar-refractivity contribution in [2.75, 3.05) is 12.3 Å². The largest absolute Gasteiger partial charge is 0.508 e. The molecule has 29 heavy (non-hydrogen) atoms. The first kappa shape index (κ1) is 18.7. The van der Waals surface area contributed by atoms with Gasteiger partial charge in [-0.15, -0.1) is 0 Å². The topological polar surface area (TPSA) is 93.1 Å². The van der Waals surface area contributed by atoms with Crippen molar-refractivity contribution in [3.8, 4) is 11.5 Å². The Morgan fingerprint density at radius 1 is 0.931 bits per heavy atom. The zero-order valence-corrected chi connectivity index (χ0v) is 16.6. The second-order valence-electron chi connectivity index (χ2n) is 6.96. The highest BCUT2D eigenvalue weighted by atomic mass is 16.5. The highest BCUT2D eigenvalue weighted by Crippen LogP contribution is 2.33. The van der Waals surface area contributed by atoms with Crippen LogP contribution >= 0.6 is 0 Å². The number of azo groups is 1. The summed E-state index contributed by atoms with van der Waals surface area (Å²) in [4.78, 5) is 4.73. The average molecular weight is 386 g/mol. The highest BCUT2D eigenvalue weighted by Gasteiger charge is 2.09. The second kappa shape index (κ2) is 7.39. The molecular formula is C23H22N4O2. The molecule has 0 aliphatic rings. The minimum absolute atomic E-state index is 0.256. The first-order valence-corrected chi connectivity index (χ1v) is 9.44. The van der Waals surface area contributed by atoms with E-state index in [0.29, 0.717) is 18.0 Å². The summed E-state index contributed by atoms with van der Waals surface area (Å²) in [5.41, 5.74) is 11.7. The minimum Gasteiger partial charge on any atom is -0.508 e. The highest BCUT2D eigenvalue weighted by molar-refractivity contribution is 6.07. The van der Waals surface area contributed by atoms with Gasteiger partial charge in [0.05, 0.1) is 34.7 Å². The molecule has 1 heterocycles. The van der Waals surface area contributed by atoms with Crippen LogP contribution in [0.1, 0.15) is 18.1 Å². The van der Waals surface area contributed by atoms with E-state index < -0.39 is 0 Å². The summed E-state index contributed by atoms with van der Waals surface area (Å²) in [6.45, 7) is 6.27. The predicted octanol–water partition coefficient (Wildman–Crippen LogP) is 6.11. The zero-order chi connectivity index (χ0) is 20.5. The van der Waals surface area contributed by atoms with Crippen LogP contribution in [0.4, 0.5) is 17.1 Å². The van der Waals surface area contributed by atoms with Gasteiger partial charge in [0.15, 0.2) is 0 Å². The monoisotopic (exact) mass is 386 g/mol. The van der Waals surface area contributed by atoms with Crippen LogP contribution in [0.25, 0.3) is 21.8 Å². The number of ether oxygens (including phenoxy) is 1. The van der Waals surface area contributed by atoms with Crippen molar-refractivity contribution >= 4 is 38.9 Å². The number of rotatable bonds is 4. The van der Waals surface area contributed by atoms with Gasteiger partial charge in [-0.25, -0.2) is 4.98 Å². The Labute approximate surface area is 168 Å². The standard InChI is InChI=1S/C23H22N4O2/c1-4-29-16-6-8-19-18(12-16)23(24)17-7-5-15(11-21(17)25-19)26-27-20-9-14(3)22(28)10-13(20)2/h5-12,28H,4H2,1-3H3,(H2,24,25). The third-order valence-corrected chi connectivity index (χ3v) is 4.87. The Kier molecular flexibility index (Phi) is 4.76. The molecule has 0 saturated heterocycles. The number of aryl methyl sites for hydroxylation is 2. The van der Waals surface area contributed by atoms with Gasteiger partial charge >= 0.3 is 0 Å². The fraction of sp³-hybridized carbons (Fsp3) is 0.174. The fourth-order valence-corrected chi connectivity index (χ4v) is 3.27. The Hall–Kier alpha value is -3.67. The lowest BCUT2D eigenvalue weighted by atomic mass is 10.1. The Balaban J connectivity index is 1.75.